The molecule has 5 nitrogen and oxygen atoms in total. The van der Waals surface area contributed by atoms with Crippen molar-refractivity contribution in [3.63, 3.8) is 0 Å². The molecule has 0 saturated heterocycles. The zero-order valence-corrected chi connectivity index (χ0v) is 13.1. The van der Waals surface area contributed by atoms with E-state index in [9.17, 15) is 0 Å². The van der Waals surface area contributed by atoms with Crippen molar-refractivity contribution in [3.8, 4) is 0 Å². The van der Waals surface area contributed by atoms with Crippen LogP contribution in [0.5, 0.6) is 0 Å². The van der Waals surface area contributed by atoms with E-state index in [1.165, 1.54) is 11.1 Å². The number of nitrogens with two attached hydrogens (primary N) is 1. The first-order valence-electron chi connectivity index (χ1n) is 7.50. The van der Waals surface area contributed by atoms with Crippen molar-refractivity contribution in [2.24, 2.45) is 5.90 Å². The van der Waals surface area contributed by atoms with Crippen LogP contribution in [0.2, 0.25) is 0 Å². The lowest BCUT2D eigenvalue weighted by Crippen LogP contribution is -2.20. The Morgan fingerprint density at radius 1 is 0.952 bits per heavy atom. The number of rotatable bonds is 12. The zero-order chi connectivity index (χ0) is 15.3. The lowest BCUT2D eigenvalue weighted by Gasteiger charge is -2.09. The second-order valence-corrected chi connectivity index (χ2v) is 5.17. The summed E-state index contributed by atoms with van der Waals surface area (Å²) in [6.07, 6.45) is 0. The van der Waals surface area contributed by atoms with Crippen LogP contribution in [0.15, 0.2) is 24.3 Å². The summed E-state index contributed by atoms with van der Waals surface area (Å²) < 4.78 is 10.7. The smallest absolute Gasteiger partial charge is 0.0913 e. The Morgan fingerprint density at radius 2 is 1.57 bits per heavy atom. The fourth-order valence-electron chi connectivity index (χ4n) is 1.83. The van der Waals surface area contributed by atoms with Gasteiger partial charge in [-0.25, -0.2) is 5.90 Å². The van der Waals surface area contributed by atoms with Crippen LogP contribution in [0.4, 0.5) is 0 Å². The number of hydrogen-bond donors (Lipinski definition) is 2. The first-order chi connectivity index (χ1) is 10.2. The molecular formula is C16H28N2O3. The van der Waals surface area contributed by atoms with E-state index in [0.717, 1.165) is 13.1 Å². The Bertz CT molecular complexity index is 355. The van der Waals surface area contributed by atoms with Crippen LogP contribution in [-0.2, 0) is 20.9 Å². The summed E-state index contributed by atoms with van der Waals surface area (Å²) in [5, 5.41) is 3.36. The molecule has 0 spiro atoms. The van der Waals surface area contributed by atoms with Gasteiger partial charge < -0.3 is 19.6 Å². The topological polar surface area (TPSA) is 65.7 Å². The maximum Gasteiger partial charge on any atom is 0.0913 e. The third kappa shape index (κ3) is 8.80. The SMILES string of the molecule is CC(C)c1ccc(CNCCOCCOCCON)cc1. The summed E-state index contributed by atoms with van der Waals surface area (Å²) in [6.45, 7) is 8.87. The second-order valence-electron chi connectivity index (χ2n) is 5.17. The molecule has 0 bridgehead atoms. The van der Waals surface area contributed by atoms with E-state index in [1.807, 2.05) is 0 Å². The van der Waals surface area contributed by atoms with E-state index in [2.05, 4.69) is 48.3 Å². The molecule has 0 heterocycles. The summed E-state index contributed by atoms with van der Waals surface area (Å²) in [7, 11) is 0. The summed E-state index contributed by atoms with van der Waals surface area (Å²) in [5.41, 5.74) is 2.67. The number of benzene rings is 1. The Kier molecular flexibility index (Phi) is 10.0. The highest BCUT2D eigenvalue weighted by atomic mass is 16.6. The van der Waals surface area contributed by atoms with E-state index in [0.29, 0.717) is 39.0 Å². The van der Waals surface area contributed by atoms with Gasteiger partial charge in [0.25, 0.3) is 0 Å². The molecule has 0 fully saturated rings. The van der Waals surface area contributed by atoms with Gasteiger partial charge in [-0.3, -0.25) is 0 Å². The highest BCUT2D eigenvalue weighted by Crippen LogP contribution is 2.14. The number of hydrogen-bond acceptors (Lipinski definition) is 5. The highest BCUT2D eigenvalue weighted by Gasteiger charge is 1.98. The van der Waals surface area contributed by atoms with Gasteiger partial charge in [-0.2, -0.15) is 0 Å². The molecule has 1 aromatic rings. The van der Waals surface area contributed by atoms with Crippen molar-refractivity contribution in [3.05, 3.63) is 35.4 Å². The minimum atomic E-state index is 0.414. The summed E-state index contributed by atoms with van der Waals surface area (Å²) in [4.78, 5) is 4.39. The van der Waals surface area contributed by atoms with E-state index in [1.54, 1.807) is 0 Å². The molecule has 0 radical (unpaired) electrons. The van der Waals surface area contributed by atoms with Gasteiger partial charge >= 0.3 is 0 Å². The molecule has 1 rings (SSSR count). The molecule has 3 N–H and O–H groups in total. The largest absolute Gasteiger partial charge is 0.378 e. The van der Waals surface area contributed by atoms with Gasteiger partial charge in [-0.1, -0.05) is 38.1 Å². The molecule has 0 unspecified atom stereocenters. The molecule has 0 aliphatic carbocycles. The van der Waals surface area contributed by atoms with E-state index < -0.39 is 0 Å². The van der Waals surface area contributed by atoms with Gasteiger partial charge in [0.05, 0.1) is 33.0 Å². The summed E-state index contributed by atoms with van der Waals surface area (Å²) in [6, 6.07) is 8.74. The van der Waals surface area contributed by atoms with Crippen LogP contribution in [-0.4, -0.2) is 39.6 Å². The first kappa shape index (κ1) is 18.1. The average Bonchev–Trinajstić information content (AvgIpc) is 2.49. The third-order valence-electron chi connectivity index (χ3n) is 3.12. The Balaban J connectivity index is 1.96. The molecule has 0 aromatic heterocycles. The van der Waals surface area contributed by atoms with Crippen molar-refractivity contribution in [1.82, 2.24) is 5.32 Å². The van der Waals surface area contributed by atoms with Gasteiger partial charge in [0, 0.05) is 13.1 Å². The normalized spacial score (nSPS) is 11.2. The molecular weight excluding hydrogens is 268 g/mol. The number of nitrogens with one attached hydrogen (secondary N) is 1. The lowest BCUT2D eigenvalue weighted by atomic mass is 10.0. The standard InChI is InChI=1S/C16H28N2O3/c1-14(2)16-5-3-15(4-6-16)13-18-7-8-19-9-10-20-11-12-21-17/h3-6,14,18H,7-13,17H2,1-2H3. The maximum absolute atomic E-state index is 5.44. The molecule has 0 atom stereocenters. The molecule has 0 aliphatic rings. The van der Waals surface area contributed by atoms with Gasteiger partial charge in [0.15, 0.2) is 0 Å². The molecule has 0 amide bonds. The second kappa shape index (κ2) is 11.7. The van der Waals surface area contributed by atoms with Crippen LogP contribution in [0.25, 0.3) is 0 Å². The van der Waals surface area contributed by atoms with E-state index in [4.69, 9.17) is 15.4 Å². The van der Waals surface area contributed by atoms with Crippen LogP contribution in [0.3, 0.4) is 0 Å². The lowest BCUT2D eigenvalue weighted by molar-refractivity contribution is 0.0148. The fourth-order valence-corrected chi connectivity index (χ4v) is 1.83. The molecule has 0 aliphatic heterocycles. The summed E-state index contributed by atoms with van der Waals surface area (Å²) >= 11 is 0. The molecule has 1 aromatic carbocycles. The minimum absolute atomic E-state index is 0.414. The predicted octanol–water partition coefficient (Wildman–Crippen LogP) is 1.82. The van der Waals surface area contributed by atoms with Gasteiger partial charge in [-0.05, 0) is 17.0 Å². The van der Waals surface area contributed by atoms with Gasteiger partial charge in [0.2, 0.25) is 0 Å². The molecule has 5 heteroatoms. The van der Waals surface area contributed by atoms with Crippen molar-refractivity contribution >= 4 is 0 Å². The van der Waals surface area contributed by atoms with Crippen LogP contribution >= 0.6 is 0 Å². The van der Waals surface area contributed by atoms with Crippen molar-refractivity contribution in [2.75, 3.05) is 39.6 Å². The fraction of sp³-hybridized carbons (Fsp3) is 0.625. The average molecular weight is 296 g/mol. The van der Waals surface area contributed by atoms with Gasteiger partial charge in [-0.15, -0.1) is 0 Å². The first-order valence-corrected chi connectivity index (χ1v) is 7.50. The van der Waals surface area contributed by atoms with Crippen molar-refractivity contribution in [2.45, 2.75) is 26.3 Å². The van der Waals surface area contributed by atoms with Gasteiger partial charge in [0.1, 0.15) is 0 Å². The third-order valence-corrected chi connectivity index (χ3v) is 3.12. The zero-order valence-electron chi connectivity index (χ0n) is 13.1. The van der Waals surface area contributed by atoms with Crippen LogP contribution < -0.4 is 11.2 Å². The van der Waals surface area contributed by atoms with Crippen LogP contribution in [0.1, 0.15) is 30.9 Å². The maximum atomic E-state index is 5.44. The van der Waals surface area contributed by atoms with E-state index in [-0.39, 0.29) is 0 Å². The van der Waals surface area contributed by atoms with E-state index >= 15 is 0 Å². The number of ether oxygens (including phenoxy) is 2. The minimum Gasteiger partial charge on any atom is -0.378 e. The molecule has 120 valence electrons. The van der Waals surface area contributed by atoms with Crippen molar-refractivity contribution in [1.29, 1.82) is 0 Å². The monoisotopic (exact) mass is 296 g/mol. The summed E-state index contributed by atoms with van der Waals surface area (Å²) in [5.74, 6) is 5.46. The van der Waals surface area contributed by atoms with Crippen LogP contribution in [0, 0.1) is 0 Å². The highest BCUT2D eigenvalue weighted by molar-refractivity contribution is 5.24. The Hall–Kier alpha value is -0.980. The molecule has 21 heavy (non-hydrogen) atoms. The molecule has 0 saturated carbocycles. The Morgan fingerprint density at radius 3 is 2.19 bits per heavy atom. The quantitative estimate of drug-likeness (QED) is 0.455. The van der Waals surface area contributed by atoms with Crippen molar-refractivity contribution < 1.29 is 14.3 Å². The Labute approximate surface area is 127 Å². The predicted molar refractivity (Wildman–Crippen MR) is 84.0 cm³/mol.